The number of sulfonamides is 1. The van der Waals surface area contributed by atoms with Gasteiger partial charge in [-0.3, -0.25) is 9.59 Å². The van der Waals surface area contributed by atoms with Gasteiger partial charge in [0.15, 0.2) is 0 Å². The molecule has 1 atom stereocenters. The number of carbonyl (C=O) groups excluding carboxylic acids is 1. The SMILES string of the molecule is CC(C)[C@H](NS(=O)(=O)c1cccc2c(Cl)cccc12)C(=O)O.NC(=O)c1ccccc1-c1ccccc1. The van der Waals surface area contributed by atoms with Crippen LogP contribution in [0.4, 0.5) is 0 Å². The van der Waals surface area contributed by atoms with Crippen LogP contribution in [0.25, 0.3) is 21.9 Å². The van der Waals surface area contributed by atoms with Gasteiger partial charge in [0.2, 0.25) is 15.9 Å². The lowest BCUT2D eigenvalue weighted by atomic mass is 9.99. The molecule has 0 bridgehead atoms. The van der Waals surface area contributed by atoms with Crippen molar-refractivity contribution in [2.45, 2.75) is 24.8 Å². The number of halogens is 1. The highest BCUT2D eigenvalue weighted by Crippen LogP contribution is 2.29. The van der Waals surface area contributed by atoms with Crippen molar-refractivity contribution in [2.24, 2.45) is 11.7 Å². The third-order valence-electron chi connectivity index (χ3n) is 5.61. The van der Waals surface area contributed by atoms with Gasteiger partial charge in [0.1, 0.15) is 6.04 Å². The molecule has 0 aromatic heterocycles. The smallest absolute Gasteiger partial charge is 0.322 e. The quantitative estimate of drug-likeness (QED) is 0.293. The first-order valence-electron chi connectivity index (χ1n) is 11.4. The molecule has 7 nitrogen and oxygen atoms in total. The second kappa shape index (κ2) is 12.0. The van der Waals surface area contributed by atoms with Gasteiger partial charge in [0, 0.05) is 21.4 Å². The van der Waals surface area contributed by atoms with Crippen LogP contribution >= 0.6 is 11.6 Å². The molecule has 0 saturated heterocycles. The summed E-state index contributed by atoms with van der Waals surface area (Å²) >= 11 is 6.08. The van der Waals surface area contributed by atoms with Gasteiger partial charge in [-0.05, 0) is 35.2 Å². The minimum Gasteiger partial charge on any atom is -0.480 e. The van der Waals surface area contributed by atoms with E-state index in [9.17, 15) is 18.0 Å². The molecule has 4 rings (SSSR count). The largest absolute Gasteiger partial charge is 0.480 e. The highest BCUT2D eigenvalue weighted by Gasteiger charge is 2.29. The average molecular weight is 539 g/mol. The predicted octanol–water partition coefficient (Wildman–Crippen LogP) is 5.33. The topological polar surface area (TPSA) is 127 Å². The summed E-state index contributed by atoms with van der Waals surface area (Å²) in [5.74, 6) is -1.99. The number of primary amides is 1. The normalized spacial score (nSPS) is 12.0. The summed E-state index contributed by atoms with van der Waals surface area (Å²) in [4.78, 5) is 22.5. The van der Waals surface area contributed by atoms with Crippen molar-refractivity contribution >= 4 is 44.3 Å². The number of hydrogen-bond acceptors (Lipinski definition) is 4. The maximum atomic E-state index is 12.6. The maximum Gasteiger partial charge on any atom is 0.322 e. The lowest BCUT2D eigenvalue weighted by Crippen LogP contribution is -2.44. The van der Waals surface area contributed by atoms with Crippen molar-refractivity contribution in [1.29, 1.82) is 0 Å². The van der Waals surface area contributed by atoms with E-state index in [2.05, 4.69) is 4.72 Å². The highest BCUT2D eigenvalue weighted by molar-refractivity contribution is 7.89. The third kappa shape index (κ3) is 6.74. The number of aliphatic carboxylic acids is 1. The van der Waals surface area contributed by atoms with Gasteiger partial charge in [0.05, 0.1) is 4.90 Å². The number of carbonyl (C=O) groups is 2. The molecule has 192 valence electrons. The molecular weight excluding hydrogens is 512 g/mol. The summed E-state index contributed by atoms with van der Waals surface area (Å²) < 4.78 is 27.4. The van der Waals surface area contributed by atoms with E-state index < -0.39 is 27.9 Å². The van der Waals surface area contributed by atoms with Crippen LogP contribution in [0.2, 0.25) is 5.02 Å². The van der Waals surface area contributed by atoms with Gasteiger partial charge < -0.3 is 10.8 Å². The average Bonchev–Trinajstić information content (AvgIpc) is 2.88. The van der Waals surface area contributed by atoms with Gasteiger partial charge in [-0.15, -0.1) is 0 Å². The minimum absolute atomic E-state index is 0.0133. The summed E-state index contributed by atoms with van der Waals surface area (Å²) in [6.07, 6.45) is 0. The molecular formula is C28H27ClN2O5S. The summed E-state index contributed by atoms with van der Waals surface area (Å²) in [5.41, 5.74) is 7.76. The molecule has 0 aliphatic rings. The Morgan fingerprint density at radius 2 is 1.43 bits per heavy atom. The summed E-state index contributed by atoms with van der Waals surface area (Å²) in [6.45, 7) is 3.28. The monoisotopic (exact) mass is 538 g/mol. The van der Waals surface area contributed by atoms with Crippen molar-refractivity contribution < 1.29 is 23.1 Å². The fraction of sp³-hybridized carbons (Fsp3) is 0.143. The predicted molar refractivity (Wildman–Crippen MR) is 146 cm³/mol. The Hall–Kier alpha value is -3.72. The van der Waals surface area contributed by atoms with Crippen molar-refractivity contribution in [1.82, 2.24) is 4.72 Å². The molecule has 0 radical (unpaired) electrons. The molecule has 0 spiro atoms. The molecule has 0 fully saturated rings. The number of amides is 1. The first kappa shape index (κ1) is 27.9. The molecule has 37 heavy (non-hydrogen) atoms. The molecule has 1 amide bonds. The zero-order valence-electron chi connectivity index (χ0n) is 20.3. The summed E-state index contributed by atoms with van der Waals surface area (Å²) in [6, 6.07) is 25.6. The molecule has 4 aromatic carbocycles. The van der Waals surface area contributed by atoms with Crippen LogP contribution in [0.3, 0.4) is 0 Å². The number of fused-ring (bicyclic) bond motifs is 1. The zero-order chi connectivity index (χ0) is 27.2. The van der Waals surface area contributed by atoms with Crippen molar-refractivity contribution in [3.63, 3.8) is 0 Å². The van der Waals surface area contributed by atoms with Crippen LogP contribution in [0.15, 0.2) is 95.9 Å². The minimum atomic E-state index is -3.98. The molecule has 4 N–H and O–H groups in total. The molecule has 0 unspecified atom stereocenters. The Morgan fingerprint density at radius 3 is 2.05 bits per heavy atom. The number of rotatable bonds is 7. The standard InChI is InChI=1S/C15H16ClNO4S.C13H11NO/c1-9(2)14(15(18)19)17-22(20,21)13-8-4-5-10-11(13)6-3-7-12(10)16;14-13(15)12-9-5-4-8-11(12)10-6-2-1-3-7-10/h3-9,14,17H,1-2H3,(H,18,19);1-9H,(H2,14,15)/t14-;/m0./s1. The van der Waals surface area contributed by atoms with Crippen molar-refractivity contribution in [3.05, 3.63) is 102 Å². The molecule has 0 heterocycles. The zero-order valence-corrected chi connectivity index (χ0v) is 21.8. The van der Waals surface area contributed by atoms with Crippen LogP contribution in [0, 0.1) is 5.92 Å². The van der Waals surface area contributed by atoms with Gasteiger partial charge in [0.25, 0.3) is 0 Å². The van der Waals surface area contributed by atoms with Crippen LogP contribution in [-0.2, 0) is 14.8 Å². The number of hydrogen-bond donors (Lipinski definition) is 3. The highest BCUT2D eigenvalue weighted by atomic mass is 35.5. The molecule has 0 aliphatic heterocycles. The molecule has 0 saturated carbocycles. The molecule has 9 heteroatoms. The van der Waals surface area contributed by atoms with E-state index in [0.717, 1.165) is 11.1 Å². The van der Waals surface area contributed by atoms with E-state index in [0.29, 0.717) is 21.4 Å². The van der Waals surface area contributed by atoms with Gasteiger partial charge in [-0.1, -0.05) is 98.2 Å². The van der Waals surface area contributed by atoms with Gasteiger partial charge in [-0.25, -0.2) is 8.42 Å². The first-order valence-corrected chi connectivity index (χ1v) is 13.3. The summed E-state index contributed by atoms with van der Waals surface area (Å²) in [7, 11) is -3.98. The number of nitrogens with two attached hydrogens (primary N) is 1. The molecule has 4 aromatic rings. The first-order chi connectivity index (χ1) is 17.5. The lowest BCUT2D eigenvalue weighted by molar-refractivity contribution is -0.140. The van der Waals surface area contributed by atoms with E-state index in [1.807, 2.05) is 48.5 Å². The third-order valence-corrected chi connectivity index (χ3v) is 7.44. The fourth-order valence-electron chi connectivity index (χ4n) is 3.75. The Labute approximate surface area is 220 Å². The van der Waals surface area contributed by atoms with Crippen molar-refractivity contribution in [2.75, 3.05) is 0 Å². The van der Waals surface area contributed by atoms with E-state index in [1.165, 1.54) is 6.07 Å². The lowest BCUT2D eigenvalue weighted by Gasteiger charge is -2.18. The Balaban J connectivity index is 0.000000220. The number of carboxylic acids is 1. The number of nitrogens with one attached hydrogen (secondary N) is 1. The second-order valence-electron chi connectivity index (χ2n) is 8.55. The maximum absolute atomic E-state index is 12.6. The Kier molecular flexibility index (Phi) is 9.04. The Bertz CT molecular complexity index is 1520. The van der Waals surface area contributed by atoms with Gasteiger partial charge in [-0.2, -0.15) is 4.72 Å². The van der Waals surface area contributed by atoms with E-state index in [1.54, 1.807) is 50.2 Å². The Morgan fingerprint density at radius 1 is 0.838 bits per heavy atom. The van der Waals surface area contributed by atoms with Crippen molar-refractivity contribution in [3.8, 4) is 11.1 Å². The summed E-state index contributed by atoms with van der Waals surface area (Å²) in [5, 5.41) is 10.7. The van der Waals surface area contributed by atoms with E-state index in [4.69, 9.17) is 22.4 Å². The van der Waals surface area contributed by atoms with Gasteiger partial charge >= 0.3 is 5.97 Å². The van der Waals surface area contributed by atoms with Crippen LogP contribution in [0.1, 0.15) is 24.2 Å². The van der Waals surface area contributed by atoms with E-state index >= 15 is 0 Å². The van der Waals surface area contributed by atoms with E-state index in [-0.39, 0.29) is 10.8 Å². The second-order valence-corrected chi connectivity index (χ2v) is 10.6. The van der Waals surface area contributed by atoms with Crippen LogP contribution in [-0.4, -0.2) is 31.4 Å². The number of benzene rings is 4. The number of carboxylic acid groups (broad SMARTS) is 1. The van der Waals surface area contributed by atoms with Crippen LogP contribution < -0.4 is 10.5 Å². The van der Waals surface area contributed by atoms with Crippen LogP contribution in [0.5, 0.6) is 0 Å². The molecule has 0 aliphatic carbocycles. The fourth-order valence-corrected chi connectivity index (χ4v) is 5.54.